The van der Waals surface area contributed by atoms with Gasteiger partial charge in [0.2, 0.25) is 0 Å². The molecule has 1 aliphatic rings. The SMILES string of the molecule is COc1ccc(NC(C)C(=O)N2CCNC2=O)cc1Cc1ccccc1. The number of methoxy groups -OCH3 is 1. The summed E-state index contributed by atoms with van der Waals surface area (Å²) in [5, 5.41) is 5.83. The molecule has 1 unspecified atom stereocenters. The zero-order valence-corrected chi connectivity index (χ0v) is 15.0. The van der Waals surface area contributed by atoms with Gasteiger partial charge in [-0.1, -0.05) is 30.3 Å². The number of hydrogen-bond acceptors (Lipinski definition) is 4. The Morgan fingerprint density at radius 3 is 2.69 bits per heavy atom. The Labute approximate surface area is 153 Å². The van der Waals surface area contributed by atoms with Crippen LogP contribution in [0.5, 0.6) is 5.75 Å². The van der Waals surface area contributed by atoms with E-state index >= 15 is 0 Å². The second kappa shape index (κ2) is 7.91. The topological polar surface area (TPSA) is 70.7 Å². The Morgan fingerprint density at radius 2 is 2.04 bits per heavy atom. The van der Waals surface area contributed by atoms with Gasteiger partial charge in [-0.25, -0.2) is 4.79 Å². The van der Waals surface area contributed by atoms with Gasteiger partial charge >= 0.3 is 6.03 Å². The summed E-state index contributed by atoms with van der Waals surface area (Å²) in [6.07, 6.45) is 0.733. The molecule has 6 nitrogen and oxygen atoms in total. The van der Waals surface area contributed by atoms with Crippen molar-refractivity contribution in [3.63, 3.8) is 0 Å². The van der Waals surface area contributed by atoms with E-state index in [4.69, 9.17) is 4.74 Å². The maximum absolute atomic E-state index is 12.4. The molecule has 0 spiro atoms. The van der Waals surface area contributed by atoms with E-state index in [-0.39, 0.29) is 11.9 Å². The van der Waals surface area contributed by atoms with Gasteiger partial charge in [-0.15, -0.1) is 0 Å². The summed E-state index contributed by atoms with van der Waals surface area (Å²) >= 11 is 0. The van der Waals surface area contributed by atoms with E-state index in [2.05, 4.69) is 22.8 Å². The molecule has 0 aliphatic carbocycles. The van der Waals surface area contributed by atoms with Crippen LogP contribution >= 0.6 is 0 Å². The monoisotopic (exact) mass is 353 g/mol. The molecule has 1 saturated heterocycles. The highest BCUT2D eigenvalue weighted by Gasteiger charge is 2.29. The van der Waals surface area contributed by atoms with E-state index in [1.54, 1.807) is 14.0 Å². The highest BCUT2D eigenvalue weighted by molar-refractivity contribution is 5.99. The fourth-order valence-corrected chi connectivity index (χ4v) is 3.05. The van der Waals surface area contributed by atoms with Crippen LogP contribution in [0.2, 0.25) is 0 Å². The third kappa shape index (κ3) is 3.96. The van der Waals surface area contributed by atoms with Gasteiger partial charge in [0.1, 0.15) is 11.8 Å². The van der Waals surface area contributed by atoms with Crippen molar-refractivity contribution >= 4 is 17.6 Å². The molecule has 0 radical (unpaired) electrons. The molecule has 0 saturated carbocycles. The fraction of sp³-hybridized carbons (Fsp3) is 0.300. The third-order valence-electron chi connectivity index (χ3n) is 4.39. The van der Waals surface area contributed by atoms with Gasteiger partial charge in [-0.05, 0) is 30.7 Å². The molecule has 0 bridgehead atoms. The number of nitrogens with zero attached hydrogens (tertiary/aromatic N) is 1. The van der Waals surface area contributed by atoms with Crippen LogP contribution in [-0.2, 0) is 11.2 Å². The number of imide groups is 1. The van der Waals surface area contributed by atoms with Gasteiger partial charge in [0.25, 0.3) is 5.91 Å². The van der Waals surface area contributed by atoms with E-state index in [0.717, 1.165) is 23.4 Å². The van der Waals surface area contributed by atoms with E-state index in [0.29, 0.717) is 13.1 Å². The normalized spacial score (nSPS) is 14.7. The molecular weight excluding hydrogens is 330 g/mol. The number of carbonyl (C=O) groups is 2. The quantitative estimate of drug-likeness (QED) is 0.838. The Bertz CT molecular complexity index is 792. The van der Waals surface area contributed by atoms with Crippen LogP contribution in [-0.4, -0.2) is 43.1 Å². The number of rotatable bonds is 6. The first-order valence-corrected chi connectivity index (χ1v) is 8.65. The van der Waals surface area contributed by atoms with Crippen LogP contribution in [0.1, 0.15) is 18.1 Å². The van der Waals surface area contributed by atoms with Crippen molar-refractivity contribution in [3.8, 4) is 5.75 Å². The van der Waals surface area contributed by atoms with Crippen LogP contribution in [0.3, 0.4) is 0 Å². The summed E-state index contributed by atoms with van der Waals surface area (Å²) in [5.41, 5.74) is 3.03. The molecule has 2 aromatic carbocycles. The lowest BCUT2D eigenvalue weighted by Crippen LogP contribution is -2.43. The molecule has 136 valence electrons. The van der Waals surface area contributed by atoms with Gasteiger partial charge < -0.3 is 15.4 Å². The van der Waals surface area contributed by atoms with E-state index in [1.807, 2.05) is 36.4 Å². The van der Waals surface area contributed by atoms with Crippen LogP contribution < -0.4 is 15.4 Å². The second-order valence-electron chi connectivity index (χ2n) is 6.28. The molecule has 1 heterocycles. The minimum absolute atomic E-state index is 0.236. The van der Waals surface area contributed by atoms with Gasteiger partial charge in [0, 0.05) is 30.8 Å². The van der Waals surface area contributed by atoms with Crippen molar-refractivity contribution in [1.29, 1.82) is 0 Å². The summed E-state index contributed by atoms with van der Waals surface area (Å²) in [6.45, 7) is 2.67. The standard InChI is InChI=1S/C20H23N3O3/c1-14(19(24)23-11-10-21-20(23)25)22-17-8-9-18(26-2)16(13-17)12-15-6-4-3-5-7-15/h3-9,13-14,22H,10-12H2,1-2H3,(H,21,25). The molecule has 1 atom stereocenters. The average molecular weight is 353 g/mol. The van der Waals surface area contributed by atoms with Crippen molar-refractivity contribution in [2.24, 2.45) is 0 Å². The van der Waals surface area contributed by atoms with Crippen LogP contribution in [0.25, 0.3) is 0 Å². The van der Waals surface area contributed by atoms with Crippen molar-refractivity contribution in [3.05, 3.63) is 59.7 Å². The predicted molar refractivity (Wildman–Crippen MR) is 100 cm³/mol. The summed E-state index contributed by atoms with van der Waals surface area (Å²) in [4.78, 5) is 25.3. The van der Waals surface area contributed by atoms with E-state index in [9.17, 15) is 9.59 Å². The van der Waals surface area contributed by atoms with Crippen molar-refractivity contribution in [2.75, 3.05) is 25.5 Å². The zero-order chi connectivity index (χ0) is 18.5. The lowest BCUT2D eigenvalue weighted by Gasteiger charge is -2.20. The molecule has 0 aromatic heterocycles. The number of ether oxygens (including phenoxy) is 1. The van der Waals surface area contributed by atoms with Crippen LogP contribution in [0.15, 0.2) is 48.5 Å². The maximum atomic E-state index is 12.4. The lowest BCUT2D eigenvalue weighted by molar-refractivity contribution is -0.128. The number of benzene rings is 2. The Hall–Kier alpha value is -3.02. The molecule has 2 N–H and O–H groups in total. The number of nitrogens with one attached hydrogen (secondary N) is 2. The molecule has 6 heteroatoms. The molecule has 1 aliphatic heterocycles. The zero-order valence-electron chi connectivity index (χ0n) is 15.0. The number of carbonyl (C=O) groups excluding carboxylic acids is 2. The second-order valence-corrected chi connectivity index (χ2v) is 6.28. The fourth-order valence-electron chi connectivity index (χ4n) is 3.05. The maximum Gasteiger partial charge on any atom is 0.324 e. The van der Waals surface area contributed by atoms with Crippen LogP contribution in [0.4, 0.5) is 10.5 Å². The molecule has 3 amide bonds. The Balaban J connectivity index is 1.74. The minimum atomic E-state index is -0.503. The molecular formula is C20H23N3O3. The first-order valence-electron chi connectivity index (χ1n) is 8.65. The summed E-state index contributed by atoms with van der Waals surface area (Å²) in [5.74, 6) is 0.567. The van der Waals surface area contributed by atoms with Crippen molar-refractivity contribution in [2.45, 2.75) is 19.4 Å². The van der Waals surface area contributed by atoms with Gasteiger partial charge in [0.05, 0.1) is 7.11 Å². The smallest absolute Gasteiger partial charge is 0.324 e. The predicted octanol–water partition coefficient (Wildman–Crippen LogP) is 2.64. The average Bonchev–Trinajstić information content (AvgIpc) is 3.08. The molecule has 26 heavy (non-hydrogen) atoms. The highest BCUT2D eigenvalue weighted by atomic mass is 16.5. The lowest BCUT2D eigenvalue weighted by atomic mass is 10.0. The summed E-state index contributed by atoms with van der Waals surface area (Å²) in [7, 11) is 1.65. The van der Waals surface area contributed by atoms with Gasteiger partial charge in [0.15, 0.2) is 0 Å². The highest BCUT2D eigenvalue weighted by Crippen LogP contribution is 2.26. The Kier molecular flexibility index (Phi) is 5.41. The first kappa shape index (κ1) is 17.8. The first-order chi connectivity index (χ1) is 12.6. The number of amides is 3. The van der Waals surface area contributed by atoms with Crippen molar-refractivity contribution < 1.29 is 14.3 Å². The largest absolute Gasteiger partial charge is 0.496 e. The Morgan fingerprint density at radius 1 is 1.27 bits per heavy atom. The van der Waals surface area contributed by atoms with Gasteiger partial charge in [-0.3, -0.25) is 9.69 Å². The minimum Gasteiger partial charge on any atom is -0.496 e. The van der Waals surface area contributed by atoms with Gasteiger partial charge in [-0.2, -0.15) is 0 Å². The number of anilines is 1. The third-order valence-corrected chi connectivity index (χ3v) is 4.39. The number of urea groups is 1. The van der Waals surface area contributed by atoms with Crippen molar-refractivity contribution in [1.82, 2.24) is 10.2 Å². The van der Waals surface area contributed by atoms with E-state index < -0.39 is 6.04 Å². The van der Waals surface area contributed by atoms with E-state index in [1.165, 1.54) is 10.5 Å². The molecule has 1 fully saturated rings. The molecule has 2 aromatic rings. The molecule has 3 rings (SSSR count). The van der Waals surface area contributed by atoms with Crippen LogP contribution in [0, 0.1) is 0 Å². The number of hydrogen-bond donors (Lipinski definition) is 2. The summed E-state index contributed by atoms with van der Waals surface area (Å²) in [6, 6.07) is 15.1. The summed E-state index contributed by atoms with van der Waals surface area (Å²) < 4.78 is 5.46.